The smallest absolute Gasteiger partial charge is 0.293 e. The molecule has 6 nitrogen and oxygen atoms in total. The number of benzene rings is 2. The molecule has 0 fully saturated rings. The number of para-hydroxylation sites is 2. The van der Waals surface area contributed by atoms with Crippen molar-refractivity contribution in [2.24, 2.45) is 0 Å². The number of hydrogen-bond donors (Lipinski definition) is 1. The molecule has 6 heteroatoms. The van der Waals surface area contributed by atoms with Gasteiger partial charge in [-0.15, -0.1) is 0 Å². The van der Waals surface area contributed by atoms with Crippen LogP contribution in [-0.4, -0.2) is 10.8 Å². The van der Waals surface area contributed by atoms with Crippen LogP contribution in [0.3, 0.4) is 0 Å². The third-order valence-corrected chi connectivity index (χ3v) is 4.36. The van der Waals surface area contributed by atoms with E-state index in [2.05, 4.69) is 17.4 Å². The summed E-state index contributed by atoms with van der Waals surface area (Å²) in [5.41, 5.74) is 2.43. The number of anilines is 1. The number of nitro benzene ring substituents is 1. The highest BCUT2D eigenvalue weighted by atomic mass is 16.6. The van der Waals surface area contributed by atoms with Gasteiger partial charge in [0.1, 0.15) is 5.69 Å². The summed E-state index contributed by atoms with van der Waals surface area (Å²) in [6.45, 7) is 1.75. The number of nitrogens with one attached hydrogen (secondary N) is 1. The van der Waals surface area contributed by atoms with Crippen LogP contribution in [0, 0.1) is 10.1 Å². The molecule has 0 radical (unpaired) electrons. The highest BCUT2D eigenvalue weighted by Crippen LogP contribution is 2.23. The van der Waals surface area contributed by atoms with E-state index >= 15 is 0 Å². The van der Waals surface area contributed by atoms with Crippen molar-refractivity contribution in [3.63, 3.8) is 0 Å². The molecule has 0 saturated heterocycles. The molecule has 27 heavy (non-hydrogen) atoms. The van der Waals surface area contributed by atoms with Crippen molar-refractivity contribution in [1.29, 1.82) is 0 Å². The second kappa shape index (κ2) is 8.23. The first-order chi connectivity index (χ1) is 13.0. The maximum atomic E-state index is 12.5. The van der Waals surface area contributed by atoms with Crippen molar-refractivity contribution in [2.45, 2.75) is 19.4 Å². The fraction of sp³-hybridized carbons (Fsp3) is 0.143. The van der Waals surface area contributed by atoms with Gasteiger partial charge in [0.25, 0.3) is 11.6 Å². The average Bonchev–Trinajstić information content (AvgIpc) is 2.69. The van der Waals surface area contributed by atoms with E-state index in [4.69, 9.17) is 0 Å². The minimum absolute atomic E-state index is 0.124. The fourth-order valence-corrected chi connectivity index (χ4v) is 2.79. The van der Waals surface area contributed by atoms with Crippen molar-refractivity contribution in [2.75, 3.05) is 5.32 Å². The van der Waals surface area contributed by atoms with Gasteiger partial charge in [-0.05, 0) is 23.6 Å². The minimum Gasteiger partial charge on any atom is -0.315 e. The molecule has 136 valence electrons. The van der Waals surface area contributed by atoms with Crippen LogP contribution < -0.4 is 9.88 Å². The summed E-state index contributed by atoms with van der Waals surface area (Å²) in [5, 5.41) is 13.7. The highest BCUT2D eigenvalue weighted by Gasteiger charge is 2.24. The van der Waals surface area contributed by atoms with Crippen LogP contribution in [0.1, 0.15) is 24.1 Å². The van der Waals surface area contributed by atoms with E-state index in [-0.39, 0.29) is 17.3 Å². The Kier molecular flexibility index (Phi) is 5.56. The summed E-state index contributed by atoms with van der Waals surface area (Å²) < 4.78 is 1.78. The Balaban J connectivity index is 1.69. The first kappa shape index (κ1) is 18.3. The number of pyridine rings is 1. The Bertz CT molecular complexity index is 940. The summed E-state index contributed by atoms with van der Waals surface area (Å²) >= 11 is 0. The molecule has 1 atom stereocenters. The van der Waals surface area contributed by atoms with E-state index in [0.717, 1.165) is 12.0 Å². The van der Waals surface area contributed by atoms with Gasteiger partial charge in [-0.2, -0.15) is 4.57 Å². The van der Waals surface area contributed by atoms with Crippen LogP contribution >= 0.6 is 0 Å². The number of carbonyl (C=O) groups excluding carboxylic acids is 1. The first-order valence-electron chi connectivity index (χ1n) is 8.62. The van der Waals surface area contributed by atoms with E-state index in [1.807, 2.05) is 42.7 Å². The van der Waals surface area contributed by atoms with Crippen LogP contribution in [-0.2, 0) is 11.2 Å². The molecular formula is C21H20N3O3+. The minimum atomic E-state index is -0.508. The summed E-state index contributed by atoms with van der Waals surface area (Å²) in [6, 6.07) is 19.7. The lowest BCUT2D eigenvalue weighted by atomic mass is 10.1. The molecule has 3 rings (SSSR count). The lowest BCUT2D eigenvalue weighted by Gasteiger charge is -2.09. The van der Waals surface area contributed by atoms with E-state index in [1.54, 1.807) is 23.6 Å². The van der Waals surface area contributed by atoms with Gasteiger partial charge in [-0.1, -0.05) is 42.5 Å². The number of aromatic nitrogens is 1. The third kappa shape index (κ3) is 4.55. The zero-order chi connectivity index (χ0) is 19.2. The largest absolute Gasteiger partial charge is 0.315 e. The molecule has 1 amide bonds. The second-order valence-corrected chi connectivity index (χ2v) is 6.26. The normalized spacial score (nSPS) is 11.6. The maximum absolute atomic E-state index is 12.5. The Labute approximate surface area is 157 Å². The van der Waals surface area contributed by atoms with Gasteiger partial charge in [0, 0.05) is 25.1 Å². The molecular weight excluding hydrogens is 342 g/mol. The Hall–Kier alpha value is -3.54. The third-order valence-electron chi connectivity index (χ3n) is 4.36. The van der Waals surface area contributed by atoms with Crippen molar-refractivity contribution in [3.8, 4) is 0 Å². The molecule has 0 bridgehead atoms. The first-order valence-corrected chi connectivity index (χ1v) is 8.62. The summed E-state index contributed by atoms with van der Waals surface area (Å²) in [6.07, 6.45) is 4.52. The van der Waals surface area contributed by atoms with Crippen LogP contribution in [0.4, 0.5) is 11.4 Å². The summed E-state index contributed by atoms with van der Waals surface area (Å²) in [7, 11) is 0. The lowest BCUT2D eigenvalue weighted by Crippen LogP contribution is -2.44. The van der Waals surface area contributed by atoms with Gasteiger partial charge in [0.05, 0.1) is 4.92 Å². The van der Waals surface area contributed by atoms with Crippen LogP contribution in [0.2, 0.25) is 0 Å². The van der Waals surface area contributed by atoms with Crippen molar-refractivity contribution in [1.82, 2.24) is 0 Å². The second-order valence-electron chi connectivity index (χ2n) is 6.26. The number of nitro groups is 1. The topological polar surface area (TPSA) is 76.1 Å². The average molecular weight is 362 g/mol. The number of amides is 1. The van der Waals surface area contributed by atoms with E-state index in [9.17, 15) is 14.9 Å². The molecule has 3 aromatic rings. The molecule has 0 saturated carbocycles. The Morgan fingerprint density at radius 2 is 1.59 bits per heavy atom. The molecule has 0 aliphatic heterocycles. The number of hydrogen-bond acceptors (Lipinski definition) is 3. The zero-order valence-electron chi connectivity index (χ0n) is 14.9. The van der Waals surface area contributed by atoms with E-state index in [1.165, 1.54) is 17.7 Å². The molecule has 1 N–H and O–H groups in total. The van der Waals surface area contributed by atoms with Crippen molar-refractivity contribution < 1.29 is 14.3 Å². The maximum Gasteiger partial charge on any atom is 0.293 e. The molecule has 0 aliphatic rings. The number of carbonyl (C=O) groups is 1. The lowest BCUT2D eigenvalue weighted by molar-refractivity contribution is -0.705. The molecule has 2 aromatic carbocycles. The number of nitrogens with zero attached hydrogens (tertiary/aromatic N) is 2. The highest BCUT2D eigenvalue weighted by molar-refractivity contribution is 5.94. The molecule has 0 aliphatic carbocycles. The molecule has 0 spiro atoms. The standard InChI is InChI=1S/C21H19N3O3/c1-16(21(25)22-19-9-5-6-10-20(19)24(26)27)23-13-11-18(12-14-23)15-17-7-3-2-4-8-17/h2-14,16H,15H2,1H3/p+1/t16-/m1/s1. The Morgan fingerprint density at radius 3 is 2.26 bits per heavy atom. The number of rotatable bonds is 6. The summed E-state index contributed by atoms with van der Waals surface area (Å²) in [4.78, 5) is 23.1. The predicted octanol–water partition coefficient (Wildman–Crippen LogP) is 3.67. The monoisotopic (exact) mass is 362 g/mol. The summed E-state index contributed by atoms with van der Waals surface area (Å²) in [5.74, 6) is -0.315. The zero-order valence-corrected chi connectivity index (χ0v) is 14.9. The molecule has 1 aromatic heterocycles. The van der Waals surface area contributed by atoms with Gasteiger partial charge < -0.3 is 5.32 Å². The quantitative estimate of drug-likeness (QED) is 0.413. The Morgan fingerprint density at radius 1 is 1.00 bits per heavy atom. The fourth-order valence-electron chi connectivity index (χ4n) is 2.79. The SMILES string of the molecule is C[C@H](C(=O)Nc1ccccc1[N+](=O)[O-])[n+]1ccc(Cc2ccccc2)cc1. The predicted molar refractivity (Wildman–Crippen MR) is 102 cm³/mol. The van der Waals surface area contributed by atoms with Crippen LogP contribution in [0.25, 0.3) is 0 Å². The van der Waals surface area contributed by atoms with E-state index in [0.29, 0.717) is 0 Å². The van der Waals surface area contributed by atoms with Crippen LogP contribution in [0.5, 0.6) is 0 Å². The van der Waals surface area contributed by atoms with Crippen molar-refractivity contribution in [3.05, 3.63) is 100 Å². The van der Waals surface area contributed by atoms with Gasteiger partial charge in [-0.25, -0.2) is 0 Å². The van der Waals surface area contributed by atoms with Crippen LogP contribution in [0.15, 0.2) is 79.1 Å². The van der Waals surface area contributed by atoms with Gasteiger partial charge in [0.15, 0.2) is 12.4 Å². The van der Waals surface area contributed by atoms with Gasteiger partial charge in [-0.3, -0.25) is 14.9 Å². The molecule has 1 heterocycles. The van der Waals surface area contributed by atoms with Crippen molar-refractivity contribution >= 4 is 17.3 Å². The van der Waals surface area contributed by atoms with Gasteiger partial charge in [0.2, 0.25) is 6.04 Å². The molecule has 0 unspecified atom stereocenters. The van der Waals surface area contributed by atoms with E-state index < -0.39 is 11.0 Å². The van der Waals surface area contributed by atoms with Gasteiger partial charge >= 0.3 is 0 Å².